The predicted octanol–water partition coefficient (Wildman–Crippen LogP) is 4.90. The number of likely N-dealkylation sites (tertiary alicyclic amines) is 1. The molecule has 140 valence electrons. The third kappa shape index (κ3) is 3.71. The summed E-state index contributed by atoms with van der Waals surface area (Å²) >= 11 is 0. The van der Waals surface area contributed by atoms with Gasteiger partial charge in [-0.3, -0.25) is 9.47 Å². The molecule has 1 aliphatic heterocycles. The largest absolute Gasteiger partial charge is 0.300 e. The summed E-state index contributed by atoms with van der Waals surface area (Å²) in [6, 6.07) is 7.32. The molecule has 26 heavy (non-hydrogen) atoms. The lowest BCUT2D eigenvalue weighted by Crippen LogP contribution is -2.43. The second-order valence-electron chi connectivity index (χ2n) is 8.36. The number of nitrogens with zero attached hydrogens (tertiary/aromatic N) is 4. The van der Waals surface area contributed by atoms with Gasteiger partial charge in [-0.25, -0.2) is 9.97 Å². The summed E-state index contributed by atoms with van der Waals surface area (Å²) < 4.78 is 2.15. The highest BCUT2D eigenvalue weighted by Gasteiger charge is 2.28. The molecule has 4 heteroatoms. The van der Waals surface area contributed by atoms with Gasteiger partial charge in [0.25, 0.3) is 0 Å². The molecule has 1 saturated heterocycles. The molecule has 0 bridgehead atoms. The van der Waals surface area contributed by atoms with E-state index < -0.39 is 0 Å². The highest BCUT2D eigenvalue weighted by atomic mass is 15.2. The zero-order valence-electron chi connectivity index (χ0n) is 16.3. The predicted molar refractivity (Wildman–Crippen MR) is 106 cm³/mol. The van der Waals surface area contributed by atoms with Crippen LogP contribution < -0.4 is 0 Å². The zero-order chi connectivity index (χ0) is 17.9. The quantitative estimate of drug-likeness (QED) is 0.784. The Bertz CT molecular complexity index is 714. The van der Waals surface area contributed by atoms with Crippen molar-refractivity contribution in [3.63, 3.8) is 0 Å². The molecule has 0 amide bonds. The lowest BCUT2D eigenvalue weighted by molar-refractivity contribution is 0.118. The number of imidazole rings is 1. The lowest BCUT2D eigenvalue weighted by atomic mass is 9.89. The fourth-order valence-electron chi connectivity index (χ4n) is 4.76. The zero-order valence-corrected chi connectivity index (χ0v) is 16.3. The van der Waals surface area contributed by atoms with Crippen LogP contribution in [0.2, 0.25) is 0 Å². The first kappa shape index (κ1) is 17.7. The third-order valence-corrected chi connectivity index (χ3v) is 6.15. The van der Waals surface area contributed by atoms with Crippen LogP contribution in [0.3, 0.4) is 0 Å². The SMILES string of the molecule is CC(C)c1nccn1-c1cccc([C@@H]2CCCN(C3CCCCC3)C2)n1. The van der Waals surface area contributed by atoms with E-state index in [-0.39, 0.29) is 0 Å². The molecule has 1 saturated carbocycles. The van der Waals surface area contributed by atoms with Gasteiger partial charge in [-0.15, -0.1) is 0 Å². The van der Waals surface area contributed by atoms with E-state index in [2.05, 4.69) is 46.5 Å². The molecule has 0 aromatic carbocycles. The molecule has 1 aliphatic carbocycles. The molecule has 0 N–H and O–H groups in total. The standard InChI is InChI=1S/C22H32N4/c1-17(2)22-23-13-15-26(22)21-12-6-11-20(24-21)18-8-7-14-25(16-18)19-9-4-3-5-10-19/h6,11-13,15,17-19H,3-5,7-10,14,16H2,1-2H3/t18-/m1/s1. The lowest BCUT2D eigenvalue weighted by Gasteiger charge is -2.40. The summed E-state index contributed by atoms with van der Waals surface area (Å²) in [7, 11) is 0. The Morgan fingerprint density at radius 2 is 1.88 bits per heavy atom. The van der Waals surface area contributed by atoms with E-state index >= 15 is 0 Å². The number of rotatable bonds is 4. The van der Waals surface area contributed by atoms with Gasteiger partial charge in [0.2, 0.25) is 0 Å². The topological polar surface area (TPSA) is 34.0 Å². The van der Waals surface area contributed by atoms with Gasteiger partial charge in [-0.1, -0.05) is 39.2 Å². The summed E-state index contributed by atoms with van der Waals surface area (Å²) in [6.07, 6.45) is 13.5. The summed E-state index contributed by atoms with van der Waals surface area (Å²) in [6.45, 7) is 6.83. The molecule has 3 heterocycles. The van der Waals surface area contributed by atoms with Crippen LogP contribution in [0.1, 0.15) is 82.1 Å². The minimum Gasteiger partial charge on any atom is -0.300 e. The Hall–Kier alpha value is -1.68. The Kier molecular flexibility index (Phi) is 5.39. The minimum atomic E-state index is 0.395. The summed E-state index contributed by atoms with van der Waals surface area (Å²) in [5.41, 5.74) is 1.26. The average molecular weight is 353 g/mol. The monoisotopic (exact) mass is 352 g/mol. The maximum absolute atomic E-state index is 5.06. The number of aromatic nitrogens is 3. The molecule has 1 atom stereocenters. The Labute approximate surface area is 157 Å². The molecule has 2 aromatic heterocycles. The van der Waals surface area contributed by atoms with Gasteiger partial charge in [0.05, 0.1) is 0 Å². The van der Waals surface area contributed by atoms with Crippen LogP contribution in [-0.4, -0.2) is 38.6 Å². The van der Waals surface area contributed by atoms with Crippen molar-refractivity contribution in [1.82, 2.24) is 19.4 Å². The number of hydrogen-bond acceptors (Lipinski definition) is 3. The van der Waals surface area contributed by atoms with Crippen molar-refractivity contribution in [1.29, 1.82) is 0 Å². The third-order valence-electron chi connectivity index (χ3n) is 6.15. The smallest absolute Gasteiger partial charge is 0.138 e. The van der Waals surface area contributed by atoms with Crippen LogP contribution >= 0.6 is 0 Å². The summed E-state index contributed by atoms with van der Waals surface area (Å²) in [5, 5.41) is 0. The van der Waals surface area contributed by atoms with Gasteiger partial charge in [0, 0.05) is 42.5 Å². The van der Waals surface area contributed by atoms with Crippen LogP contribution in [0, 0.1) is 0 Å². The Balaban J connectivity index is 1.53. The van der Waals surface area contributed by atoms with Crippen LogP contribution in [0.25, 0.3) is 5.82 Å². The second kappa shape index (κ2) is 7.91. The van der Waals surface area contributed by atoms with Gasteiger partial charge in [0.15, 0.2) is 0 Å². The van der Waals surface area contributed by atoms with Crippen LogP contribution in [-0.2, 0) is 0 Å². The van der Waals surface area contributed by atoms with E-state index in [0.29, 0.717) is 11.8 Å². The second-order valence-corrected chi connectivity index (χ2v) is 8.36. The first-order valence-electron chi connectivity index (χ1n) is 10.5. The first-order valence-corrected chi connectivity index (χ1v) is 10.5. The highest BCUT2D eigenvalue weighted by Crippen LogP contribution is 2.31. The average Bonchev–Trinajstić information content (AvgIpc) is 3.19. The van der Waals surface area contributed by atoms with Crippen molar-refractivity contribution in [2.45, 2.75) is 76.7 Å². The van der Waals surface area contributed by atoms with Crippen LogP contribution in [0.5, 0.6) is 0 Å². The molecular weight excluding hydrogens is 320 g/mol. The fourth-order valence-corrected chi connectivity index (χ4v) is 4.76. The van der Waals surface area contributed by atoms with Crippen molar-refractivity contribution in [2.75, 3.05) is 13.1 Å². The maximum Gasteiger partial charge on any atom is 0.138 e. The number of piperidine rings is 1. The Morgan fingerprint density at radius 3 is 2.69 bits per heavy atom. The van der Waals surface area contributed by atoms with Gasteiger partial charge >= 0.3 is 0 Å². The molecule has 2 aromatic rings. The summed E-state index contributed by atoms with van der Waals surface area (Å²) in [5.74, 6) is 3.06. The number of pyridine rings is 1. The van der Waals surface area contributed by atoms with Gasteiger partial charge in [-0.2, -0.15) is 0 Å². The molecule has 2 aliphatic rings. The van der Waals surface area contributed by atoms with E-state index in [1.165, 1.54) is 63.7 Å². The van der Waals surface area contributed by atoms with E-state index in [9.17, 15) is 0 Å². The van der Waals surface area contributed by atoms with Crippen molar-refractivity contribution in [3.8, 4) is 5.82 Å². The van der Waals surface area contributed by atoms with Gasteiger partial charge < -0.3 is 0 Å². The molecule has 0 spiro atoms. The van der Waals surface area contributed by atoms with E-state index in [1.807, 2.05) is 12.4 Å². The van der Waals surface area contributed by atoms with E-state index in [0.717, 1.165) is 17.7 Å². The summed E-state index contributed by atoms with van der Waals surface area (Å²) in [4.78, 5) is 12.3. The van der Waals surface area contributed by atoms with Crippen LogP contribution in [0.15, 0.2) is 30.6 Å². The van der Waals surface area contributed by atoms with Gasteiger partial charge in [0.1, 0.15) is 11.6 Å². The molecule has 0 radical (unpaired) electrons. The van der Waals surface area contributed by atoms with Crippen molar-refractivity contribution in [3.05, 3.63) is 42.1 Å². The molecular formula is C22H32N4. The molecule has 2 fully saturated rings. The molecule has 4 nitrogen and oxygen atoms in total. The number of hydrogen-bond donors (Lipinski definition) is 0. The normalized spacial score (nSPS) is 22.8. The van der Waals surface area contributed by atoms with Crippen LogP contribution in [0.4, 0.5) is 0 Å². The Morgan fingerprint density at radius 1 is 1.04 bits per heavy atom. The van der Waals surface area contributed by atoms with E-state index in [4.69, 9.17) is 4.98 Å². The van der Waals surface area contributed by atoms with Gasteiger partial charge in [-0.05, 0) is 44.4 Å². The van der Waals surface area contributed by atoms with Crippen molar-refractivity contribution in [2.24, 2.45) is 0 Å². The first-order chi connectivity index (χ1) is 12.7. The fraction of sp³-hybridized carbons (Fsp3) is 0.636. The van der Waals surface area contributed by atoms with E-state index in [1.54, 1.807) is 0 Å². The van der Waals surface area contributed by atoms with Crippen molar-refractivity contribution >= 4 is 0 Å². The highest BCUT2D eigenvalue weighted by molar-refractivity contribution is 5.29. The maximum atomic E-state index is 5.06. The molecule has 0 unspecified atom stereocenters. The minimum absolute atomic E-state index is 0.395. The van der Waals surface area contributed by atoms with Crippen molar-refractivity contribution < 1.29 is 0 Å². The molecule has 4 rings (SSSR count).